The van der Waals surface area contributed by atoms with Crippen molar-refractivity contribution >= 4 is 13.3 Å². The van der Waals surface area contributed by atoms with E-state index in [4.69, 9.17) is 9.79 Å². The number of fused-ring (bicyclic) bond motifs is 1. The molecule has 1 aliphatic heterocycles. The van der Waals surface area contributed by atoms with Crippen molar-refractivity contribution in [1.82, 2.24) is 0 Å². The second-order valence-corrected chi connectivity index (χ2v) is 5.56. The zero-order chi connectivity index (χ0) is 11.8. The fourth-order valence-electron chi connectivity index (χ4n) is 2.01. The highest BCUT2D eigenvalue weighted by Gasteiger charge is 2.24. The van der Waals surface area contributed by atoms with Crippen molar-refractivity contribution in [2.45, 2.75) is 12.8 Å². The first-order chi connectivity index (χ1) is 7.46. The summed E-state index contributed by atoms with van der Waals surface area (Å²) in [6, 6.07) is 4.33. The summed E-state index contributed by atoms with van der Waals surface area (Å²) >= 11 is 0. The van der Waals surface area contributed by atoms with Gasteiger partial charge in [0.2, 0.25) is 0 Å². The summed E-state index contributed by atoms with van der Waals surface area (Å²) in [7, 11) is -4.07. The second-order valence-electron chi connectivity index (χ2n) is 3.95. The van der Waals surface area contributed by atoms with Gasteiger partial charge < -0.3 is 14.7 Å². The Kier molecular flexibility index (Phi) is 3.02. The van der Waals surface area contributed by atoms with Gasteiger partial charge in [-0.25, -0.2) is 4.39 Å². The molecule has 1 heterocycles. The molecule has 1 aromatic carbocycles. The number of hydrogen-bond acceptors (Lipinski definition) is 2. The molecular formula is C10H13FNO3P. The van der Waals surface area contributed by atoms with Crippen molar-refractivity contribution < 1.29 is 18.7 Å². The molecule has 88 valence electrons. The van der Waals surface area contributed by atoms with Gasteiger partial charge in [-0.15, -0.1) is 0 Å². The number of benzene rings is 1. The van der Waals surface area contributed by atoms with Crippen molar-refractivity contribution in [2.24, 2.45) is 0 Å². The van der Waals surface area contributed by atoms with E-state index in [0.717, 1.165) is 24.1 Å². The standard InChI is InChI=1S/C10H13FNO3P/c11-9-3-4-10-8(6-9)2-1-5-12(10)7-16(13,14)15/h3-4,6H,1-2,5,7H2,(H2,13,14,15). The van der Waals surface area contributed by atoms with Crippen LogP contribution in [0.4, 0.5) is 10.1 Å². The van der Waals surface area contributed by atoms with E-state index in [-0.39, 0.29) is 12.1 Å². The smallest absolute Gasteiger partial charge is 0.344 e. The molecule has 2 N–H and O–H groups in total. The minimum atomic E-state index is -4.07. The van der Waals surface area contributed by atoms with Crippen LogP contribution < -0.4 is 4.90 Å². The minimum absolute atomic E-state index is 0.300. The van der Waals surface area contributed by atoms with Crippen LogP contribution in [0.15, 0.2) is 18.2 Å². The van der Waals surface area contributed by atoms with Crippen molar-refractivity contribution in [3.8, 4) is 0 Å². The average molecular weight is 245 g/mol. The molecule has 0 aliphatic carbocycles. The quantitative estimate of drug-likeness (QED) is 0.779. The lowest BCUT2D eigenvalue weighted by molar-refractivity contribution is 0.371. The normalized spacial score (nSPS) is 16.1. The van der Waals surface area contributed by atoms with Gasteiger partial charge in [0.25, 0.3) is 0 Å². The first kappa shape index (κ1) is 11.6. The van der Waals surface area contributed by atoms with Crippen molar-refractivity contribution in [1.29, 1.82) is 0 Å². The number of anilines is 1. The fourth-order valence-corrected chi connectivity index (χ4v) is 2.75. The van der Waals surface area contributed by atoms with Crippen LogP contribution in [0.3, 0.4) is 0 Å². The Morgan fingerprint density at radius 1 is 1.44 bits per heavy atom. The number of hydrogen-bond donors (Lipinski definition) is 2. The Morgan fingerprint density at radius 2 is 2.19 bits per heavy atom. The van der Waals surface area contributed by atoms with E-state index in [2.05, 4.69) is 0 Å². The lowest BCUT2D eigenvalue weighted by Crippen LogP contribution is -2.30. The summed E-state index contributed by atoms with van der Waals surface area (Å²) in [5.41, 5.74) is 1.55. The van der Waals surface area contributed by atoms with Gasteiger partial charge in [0.05, 0.1) is 0 Å². The van der Waals surface area contributed by atoms with Gasteiger partial charge >= 0.3 is 7.60 Å². The Balaban J connectivity index is 2.30. The molecule has 0 radical (unpaired) electrons. The molecule has 4 nitrogen and oxygen atoms in total. The van der Waals surface area contributed by atoms with Crippen LogP contribution in [-0.2, 0) is 11.0 Å². The molecule has 0 spiro atoms. The second kappa shape index (κ2) is 4.17. The maximum atomic E-state index is 13.0. The van der Waals surface area contributed by atoms with Crippen LogP contribution in [0, 0.1) is 5.82 Å². The third-order valence-electron chi connectivity index (χ3n) is 2.61. The third-order valence-corrected chi connectivity index (χ3v) is 3.32. The zero-order valence-corrected chi connectivity index (χ0v) is 9.53. The number of aryl methyl sites for hydroxylation is 1. The molecule has 0 bridgehead atoms. The molecule has 2 rings (SSSR count). The Hall–Kier alpha value is -0.900. The molecule has 0 aromatic heterocycles. The number of nitrogens with zero attached hydrogens (tertiary/aromatic N) is 1. The SMILES string of the molecule is O=P(O)(O)CN1CCCc2cc(F)ccc21. The molecule has 0 saturated carbocycles. The topological polar surface area (TPSA) is 60.8 Å². The minimum Gasteiger partial charge on any atom is -0.360 e. The average Bonchev–Trinajstić information content (AvgIpc) is 2.15. The van der Waals surface area contributed by atoms with Gasteiger partial charge in [0.15, 0.2) is 0 Å². The summed E-state index contributed by atoms with van der Waals surface area (Å²) in [4.78, 5) is 19.5. The van der Waals surface area contributed by atoms with E-state index in [0.29, 0.717) is 6.54 Å². The molecule has 0 unspecified atom stereocenters. The molecule has 16 heavy (non-hydrogen) atoms. The Bertz CT molecular complexity index is 446. The molecule has 0 saturated heterocycles. The van der Waals surface area contributed by atoms with Crippen molar-refractivity contribution in [3.63, 3.8) is 0 Å². The van der Waals surface area contributed by atoms with Gasteiger partial charge in [-0.1, -0.05) is 0 Å². The van der Waals surface area contributed by atoms with Gasteiger partial charge in [-0.2, -0.15) is 0 Å². The van der Waals surface area contributed by atoms with Gasteiger partial charge in [-0.05, 0) is 36.6 Å². The highest BCUT2D eigenvalue weighted by molar-refractivity contribution is 7.51. The Labute approximate surface area is 92.9 Å². The van der Waals surface area contributed by atoms with E-state index < -0.39 is 7.60 Å². The summed E-state index contributed by atoms with van der Waals surface area (Å²) in [6.45, 7) is 0.601. The van der Waals surface area contributed by atoms with E-state index in [1.807, 2.05) is 0 Å². The van der Waals surface area contributed by atoms with Crippen LogP contribution >= 0.6 is 7.60 Å². The van der Waals surface area contributed by atoms with E-state index in [1.165, 1.54) is 12.1 Å². The van der Waals surface area contributed by atoms with Crippen molar-refractivity contribution in [2.75, 3.05) is 17.7 Å². The summed E-state index contributed by atoms with van der Waals surface area (Å²) < 4.78 is 23.9. The molecular weight excluding hydrogens is 232 g/mol. The zero-order valence-electron chi connectivity index (χ0n) is 8.64. The highest BCUT2D eigenvalue weighted by atomic mass is 31.2. The highest BCUT2D eigenvalue weighted by Crippen LogP contribution is 2.39. The molecule has 0 amide bonds. The van der Waals surface area contributed by atoms with Crippen LogP contribution in [0.2, 0.25) is 0 Å². The van der Waals surface area contributed by atoms with Crippen LogP contribution in [0.1, 0.15) is 12.0 Å². The lowest BCUT2D eigenvalue weighted by Gasteiger charge is -2.31. The van der Waals surface area contributed by atoms with Gasteiger partial charge in [-0.3, -0.25) is 4.57 Å². The fraction of sp³-hybridized carbons (Fsp3) is 0.400. The van der Waals surface area contributed by atoms with Crippen LogP contribution in [0.25, 0.3) is 0 Å². The van der Waals surface area contributed by atoms with E-state index >= 15 is 0 Å². The summed E-state index contributed by atoms with van der Waals surface area (Å²) in [6.07, 6.45) is 1.24. The summed E-state index contributed by atoms with van der Waals surface area (Å²) in [5.74, 6) is -0.309. The number of halogens is 1. The molecule has 6 heteroatoms. The predicted octanol–water partition coefficient (Wildman–Crippen LogP) is 1.71. The van der Waals surface area contributed by atoms with Gasteiger partial charge in [0.1, 0.15) is 12.1 Å². The maximum absolute atomic E-state index is 13.0. The monoisotopic (exact) mass is 245 g/mol. The summed E-state index contributed by atoms with van der Waals surface area (Å²) in [5, 5.41) is 0. The molecule has 0 atom stereocenters. The molecule has 1 aliphatic rings. The maximum Gasteiger partial charge on any atom is 0.344 e. The Morgan fingerprint density at radius 3 is 2.88 bits per heavy atom. The third kappa shape index (κ3) is 2.61. The number of rotatable bonds is 2. The predicted molar refractivity (Wildman–Crippen MR) is 59.0 cm³/mol. The van der Waals surface area contributed by atoms with Crippen molar-refractivity contribution in [3.05, 3.63) is 29.6 Å². The van der Waals surface area contributed by atoms with E-state index in [9.17, 15) is 8.96 Å². The molecule has 0 fully saturated rings. The first-order valence-electron chi connectivity index (χ1n) is 5.04. The van der Waals surface area contributed by atoms with Crippen LogP contribution in [0.5, 0.6) is 0 Å². The molecule has 1 aromatic rings. The largest absolute Gasteiger partial charge is 0.360 e. The van der Waals surface area contributed by atoms with Crippen LogP contribution in [-0.4, -0.2) is 22.6 Å². The van der Waals surface area contributed by atoms with E-state index in [1.54, 1.807) is 11.0 Å². The first-order valence-corrected chi connectivity index (χ1v) is 6.83. The lowest BCUT2D eigenvalue weighted by atomic mass is 10.0. The van der Waals surface area contributed by atoms with Gasteiger partial charge in [0, 0.05) is 12.2 Å².